The topological polar surface area (TPSA) is 32.3 Å². The molecule has 0 unspecified atom stereocenters. The standard InChI is InChI=1S/C21H26N2OS/c24-20(21(10-11-21)18-5-2-1-3-6-18)22-15-17-8-12-23(13-9-17)16-19-7-4-14-25-19/h1-7,14,17H,8-13,15-16H2,(H,22,24). The predicted octanol–water partition coefficient (Wildman–Crippen LogP) is 3.81. The fourth-order valence-electron chi connectivity index (χ4n) is 3.91. The summed E-state index contributed by atoms with van der Waals surface area (Å²) in [5.74, 6) is 0.856. The zero-order valence-corrected chi connectivity index (χ0v) is 15.4. The summed E-state index contributed by atoms with van der Waals surface area (Å²) < 4.78 is 0. The van der Waals surface area contributed by atoms with Gasteiger partial charge in [0.05, 0.1) is 5.41 Å². The van der Waals surface area contributed by atoms with E-state index in [0.717, 1.165) is 39.0 Å². The summed E-state index contributed by atoms with van der Waals surface area (Å²) >= 11 is 1.84. The number of piperidine rings is 1. The number of rotatable bonds is 6. The Hall–Kier alpha value is -1.65. The molecule has 2 aromatic rings. The average molecular weight is 355 g/mol. The molecule has 2 aliphatic rings. The number of amides is 1. The maximum atomic E-state index is 12.7. The zero-order chi connectivity index (χ0) is 17.1. The highest BCUT2D eigenvalue weighted by atomic mass is 32.1. The van der Waals surface area contributed by atoms with Gasteiger partial charge in [0.2, 0.25) is 5.91 Å². The number of hydrogen-bond donors (Lipinski definition) is 1. The maximum absolute atomic E-state index is 12.7. The SMILES string of the molecule is O=C(NCC1CCN(Cc2cccs2)CC1)C1(c2ccccc2)CC1. The Labute approximate surface area is 154 Å². The summed E-state index contributed by atoms with van der Waals surface area (Å²) in [5.41, 5.74) is 0.944. The molecule has 1 amide bonds. The summed E-state index contributed by atoms with van der Waals surface area (Å²) in [6.07, 6.45) is 4.35. The fourth-order valence-corrected chi connectivity index (χ4v) is 4.65. The third-order valence-corrected chi connectivity index (χ3v) is 6.59. The number of hydrogen-bond acceptors (Lipinski definition) is 3. The van der Waals surface area contributed by atoms with Gasteiger partial charge in [-0.15, -0.1) is 11.3 Å². The number of likely N-dealkylation sites (tertiary alicyclic amines) is 1. The molecule has 2 heterocycles. The Bertz CT molecular complexity index is 686. The number of carbonyl (C=O) groups excluding carboxylic acids is 1. The van der Waals surface area contributed by atoms with Crippen LogP contribution in [0.4, 0.5) is 0 Å². The Morgan fingerprint density at radius 2 is 1.88 bits per heavy atom. The van der Waals surface area contributed by atoms with Gasteiger partial charge in [-0.1, -0.05) is 36.4 Å². The summed E-state index contributed by atoms with van der Waals surface area (Å²) in [6.45, 7) is 4.19. The molecular formula is C21H26N2OS. The average Bonchev–Trinajstić information content (AvgIpc) is 3.32. The smallest absolute Gasteiger partial charge is 0.230 e. The molecule has 4 rings (SSSR count). The van der Waals surface area contributed by atoms with Gasteiger partial charge in [0.1, 0.15) is 0 Å². The van der Waals surface area contributed by atoms with Crippen molar-refractivity contribution >= 4 is 17.2 Å². The molecule has 1 N–H and O–H groups in total. The van der Waals surface area contributed by atoms with Gasteiger partial charge in [-0.3, -0.25) is 9.69 Å². The van der Waals surface area contributed by atoms with Gasteiger partial charge in [-0.05, 0) is 61.7 Å². The lowest BCUT2D eigenvalue weighted by Gasteiger charge is -2.32. The van der Waals surface area contributed by atoms with Crippen LogP contribution in [0.3, 0.4) is 0 Å². The molecule has 1 aromatic carbocycles. The van der Waals surface area contributed by atoms with Crippen molar-refractivity contribution in [3.63, 3.8) is 0 Å². The minimum Gasteiger partial charge on any atom is -0.355 e. The van der Waals surface area contributed by atoms with Crippen molar-refractivity contribution in [2.45, 2.75) is 37.6 Å². The van der Waals surface area contributed by atoms with E-state index >= 15 is 0 Å². The first kappa shape index (κ1) is 16.8. The van der Waals surface area contributed by atoms with Crippen molar-refractivity contribution in [3.05, 3.63) is 58.3 Å². The second kappa shape index (κ2) is 7.30. The quantitative estimate of drug-likeness (QED) is 0.855. The van der Waals surface area contributed by atoms with Crippen molar-refractivity contribution in [1.82, 2.24) is 10.2 Å². The fraction of sp³-hybridized carbons (Fsp3) is 0.476. The summed E-state index contributed by atoms with van der Waals surface area (Å²) in [7, 11) is 0. The van der Waals surface area contributed by atoms with Crippen LogP contribution in [0.1, 0.15) is 36.1 Å². The first-order valence-electron chi connectivity index (χ1n) is 9.35. The number of nitrogens with one attached hydrogen (secondary N) is 1. The lowest BCUT2D eigenvalue weighted by Crippen LogP contribution is -2.41. The summed E-state index contributed by atoms with van der Waals surface area (Å²) in [5, 5.41) is 5.41. The molecule has 1 saturated carbocycles. The van der Waals surface area contributed by atoms with Gasteiger partial charge in [0.15, 0.2) is 0 Å². The first-order chi connectivity index (χ1) is 12.3. The van der Waals surface area contributed by atoms with Gasteiger partial charge < -0.3 is 5.32 Å². The molecule has 0 radical (unpaired) electrons. The van der Waals surface area contributed by atoms with E-state index in [1.165, 1.54) is 23.3 Å². The molecule has 25 heavy (non-hydrogen) atoms. The monoisotopic (exact) mass is 354 g/mol. The number of thiophene rings is 1. The van der Waals surface area contributed by atoms with Gasteiger partial charge in [0.25, 0.3) is 0 Å². The van der Waals surface area contributed by atoms with E-state index in [2.05, 4.69) is 39.9 Å². The lowest BCUT2D eigenvalue weighted by molar-refractivity contribution is -0.123. The zero-order valence-electron chi connectivity index (χ0n) is 14.6. The van der Waals surface area contributed by atoms with Crippen LogP contribution in [0.2, 0.25) is 0 Å². The Kier molecular flexibility index (Phi) is 4.91. The molecule has 1 aliphatic heterocycles. The molecule has 4 heteroatoms. The van der Waals surface area contributed by atoms with Gasteiger partial charge in [-0.25, -0.2) is 0 Å². The van der Waals surface area contributed by atoms with Crippen LogP contribution in [0, 0.1) is 5.92 Å². The highest BCUT2D eigenvalue weighted by molar-refractivity contribution is 7.09. The van der Waals surface area contributed by atoms with Crippen LogP contribution in [-0.2, 0) is 16.8 Å². The molecule has 1 aliphatic carbocycles. The van der Waals surface area contributed by atoms with Crippen LogP contribution < -0.4 is 5.32 Å². The number of nitrogens with zero attached hydrogens (tertiary/aromatic N) is 1. The van der Waals surface area contributed by atoms with Crippen LogP contribution in [0.25, 0.3) is 0 Å². The summed E-state index contributed by atoms with van der Waals surface area (Å²) in [4.78, 5) is 16.7. The third-order valence-electron chi connectivity index (χ3n) is 5.73. The minimum atomic E-state index is -0.235. The highest BCUT2D eigenvalue weighted by Crippen LogP contribution is 2.48. The van der Waals surface area contributed by atoms with Crippen molar-refractivity contribution in [2.24, 2.45) is 5.92 Å². The van der Waals surface area contributed by atoms with Gasteiger partial charge in [0, 0.05) is 18.0 Å². The van der Waals surface area contributed by atoms with E-state index in [4.69, 9.17) is 0 Å². The van der Waals surface area contributed by atoms with Crippen molar-refractivity contribution < 1.29 is 4.79 Å². The second-order valence-corrected chi connectivity index (χ2v) is 8.49. The van der Waals surface area contributed by atoms with E-state index in [-0.39, 0.29) is 11.3 Å². The normalized spacial score (nSPS) is 20.3. The van der Waals surface area contributed by atoms with Crippen molar-refractivity contribution in [2.75, 3.05) is 19.6 Å². The lowest BCUT2D eigenvalue weighted by atomic mass is 9.93. The molecule has 1 saturated heterocycles. The maximum Gasteiger partial charge on any atom is 0.230 e. The van der Waals surface area contributed by atoms with E-state index in [0.29, 0.717) is 5.92 Å². The minimum absolute atomic E-state index is 0.235. The number of carbonyl (C=O) groups is 1. The van der Waals surface area contributed by atoms with Crippen LogP contribution in [0.15, 0.2) is 47.8 Å². The van der Waals surface area contributed by atoms with Gasteiger partial charge in [-0.2, -0.15) is 0 Å². The van der Waals surface area contributed by atoms with E-state index in [1.807, 2.05) is 29.5 Å². The Morgan fingerprint density at radius 1 is 1.12 bits per heavy atom. The Balaban J connectivity index is 1.24. The molecule has 0 bridgehead atoms. The third kappa shape index (κ3) is 3.80. The van der Waals surface area contributed by atoms with Crippen LogP contribution in [0.5, 0.6) is 0 Å². The van der Waals surface area contributed by atoms with E-state index < -0.39 is 0 Å². The molecule has 1 aromatic heterocycles. The van der Waals surface area contributed by atoms with Crippen molar-refractivity contribution in [1.29, 1.82) is 0 Å². The summed E-state index contributed by atoms with van der Waals surface area (Å²) in [6, 6.07) is 14.6. The van der Waals surface area contributed by atoms with E-state index in [1.54, 1.807) is 0 Å². The Morgan fingerprint density at radius 3 is 2.52 bits per heavy atom. The number of benzene rings is 1. The van der Waals surface area contributed by atoms with E-state index in [9.17, 15) is 4.79 Å². The van der Waals surface area contributed by atoms with Gasteiger partial charge >= 0.3 is 0 Å². The predicted molar refractivity (Wildman–Crippen MR) is 103 cm³/mol. The molecule has 0 spiro atoms. The van der Waals surface area contributed by atoms with Crippen LogP contribution >= 0.6 is 11.3 Å². The second-order valence-electron chi connectivity index (χ2n) is 7.46. The largest absolute Gasteiger partial charge is 0.355 e. The molecule has 3 nitrogen and oxygen atoms in total. The molecular weight excluding hydrogens is 328 g/mol. The molecule has 0 atom stereocenters. The van der Waals surface area contributed by atoms with Crippen molar-refractivity contribution in [3.8, 4) is 0 Å². The first-order valence-corrected chi connectivity index (χ1v) is 10.2. The molecule has 2 fully saturated rings. The highest BCUT2D eigenvalue weighted by Gasteiger charge is 2.51. The molecule has 132 valence electrons. The van der Waals surface area contributed by atoms with Crippen LogP contribution in [-0.4, -0.2) is 30.4 Å².